The first-order valence-corrected chi connectivity index (χ1v) is 11.3. The molecule has 0 aromatic rings. The van der Waals surface area contributed by atoms with Gasteiger partial charge in [-0.1, -0.05) is 0 Å². The summed E-state index contributed by atoms with van der Waals surface area (Å²) in [6.07, 6.45) is 3.27. The Morgan fingerprint density at radius 1 is 1.09 bits per heavy atom. The first-order chi connectivity index (χ1) is 15.6. The number of alkyl halides is 1. The van der Waals surface area contributed by atoms with E-state index in [-0.39, 0.29) is 55.2 Å². The summed E-state index contributed by atoms with van der Waals surface area (Å²) in [6, 6.07) is 1.35. The number of nitriles is 1. The second kappa shape index (κ2) is 11.4. The number of likely N-dealkylation sites (tertiary alicyclic amines) is 1. The van der Waals surface area contributed by atoms with Gasteiger partial charge in [0.2, 0.25) is 5.91 Å². The van der Waals surface area contributed by atoms with E-state index in [1.165, 1.54) is 4.90 Å². The Balaban J connectivity index is 0.000000414. The quantitative estimate of drug-likeness (QED) is 0.449. The van der Waals surface area contributed by atoms with Crippen LogP contribution in [-0.2, 0) is 23.9 Å². The number of ether oxygens (including phenoxy) is 1. The molecule has 1 saturated heterocycles. The van der Waals surface area contributed by atoms with Gasteiger partial charge >= 0.3 is 17.9 Å². The molecule has 0 radical (unpaired) electrons. The average Bonchev–Trinajstić information content (AvgIpc) is 3.19. The number of nitrogens with one attached hydrogen (secondary N) is 1. The summed E-state index contributed by atoms with van der Waals surface area (Å²) in [6.45, 7) is 2.37. The fourth-order valence-corrected chi connectivity index (χ4v) is 4.80. The van der Waals surface area contributed by atoms with Crippen molar-refractivity contribution in [3.05, 3.63) is 0 Å². The molecule has 1 amide bonds. The molecule has 33 heavy (non-hydrogen) atoms. The second-order valence-corrected chi connectivity index (χ2v) is 8.95. The maximum absolute atomic E-state index is 13.5. The Morgan fingerprint density at radius 3 is 2.09 bits per heavy atom. The first-order valence-electron chi connectivity index (χ1n) is 11.3. The standard InChI is InChI=1S/C18H26FN3O3.C4H6O4/c1-2-25-16(24)17-3-6-18(7-4-17,8-5-17)21-11-15(23)22-12-13(19)9-14(22)10-20;5-3(6)1-2-4(7)8/h13-14,21H,2-9,11-12H2,1H3;1-2H2,(H,5,6)(H,7,8)/t13-,14-,17?,18?;/m0./s1. The molecule has 0 spiro atoms. The zero-order chi connectivity index (χ0) is 24.6. The fourth-order valence-electron chi connectivity index (χ4n) is 4.80. The molecule has 0 aromatic heterocycles. The van der Waals surface area contributed by atoms with Crippen molar-refractivity contribution in [1.82, 2.24) is 10.2 Å². The summed E-state index contributed by atoms with van der Waals surface area (Å²) >= 11 is 0. The lowest BCUT2D eigenvalue weighted by molar-refractivity contribution is -0.163. The Bertz CT molecular complexity index is 759. The van der Waals surface area contributed by atoms with Crippen LogP contribution in [0, 0.1) is 16.7 Å². The van der Waals surface area contributed by atoms with Gasteiger partial charge in [-0.25, -0.2) is 4.39 Å². The van der Waals surface area contributed by atoms with Gasteiger partial charge in [0.15, 0.2) is 0 Å². The lowest BCUT2D eigenvalue weighted by Crippen LogP contribution is -2.58. The largest absolute Gasteiger partial charge is 0.481 e. The lowest BCUT2D eigenvalue weighted by atomic mass is 9.57. The van der Waals surface area contributed by atoms with Crippen LogP contribution < -0.4 is 5.32 Å². The van der Waals surface area contributed by atoms with Gasteiger partial charge in [-0.05, 0) is 45.4 Å². The third kappa shape index (κ3) is 6.87. The van der Waals surface area contributed by atoms with Gasteiger partial charge in [-0.15, -0.1) is 0 Å². The second-order valence-electron chi connectivity index (χ2n) is 8.95. The van der Waals surface area contributed by atoms with Gasteiger partial charge in [-0.2, -0.15) is 5.26 Å². The highest BCUT2D eigenvalue weighted by Gasteiger charge is 2.53. The summed E-state index contributed by atoms with van der Waals surface area (Å²) in [4.78, 5) is 45.3. The number of carboxylic acids is 2. The molecule has 10 nitrogen and oxygen atoms in total. The van der Waals surface area contributed by atoms with Crippen molar-refractivity contribution >= 4 is 23.8 Å². The molecule has 1 heterocycles. The predicted molar refractivity (Wildman–Crippen MR) is 113 cm³/mol. The van der Waals surface area contributed by atoms with Gasteiger partial charge in [-0.3, -0.25) is 19.2 Å². The maximum atomic E-state index is 13.5. The van der Waals surface area contributed by atoms with Gasteiger partial charge in [0.05, 0.1) is 44.0 Å². The molecule has 11 heteroatoms. The molecule has 2 atom stereocenters. The first kappa shape index (κ1) is 26.5. The third-order valence-electron chi connectivity index (χ3n) is 6.84. The van der Waals surface area contributed by atoms with E-state index >= 15 is 0 Å². The van der Waals surface area contributed by atoms with E-state index in [1.807, 2.05) is 13.0 Å². The number of halogens is 1. The molecule has 4 rings (SSSR count). The van der Waals surface area contributed by atoms with Crippen LogP contribution in [0.4, 0.5) is 4.39 Å². The Morgan fingerprint density at radius 2 is 1.64 bits per heavy atom. The van der Waals surface area contributed by atoms with Gasteiger partial charge in [0.1, 0.15) is 12.2 Å². The van der Waals surface area contributed by atoms with E-state index in [2.05, 4.69) is 5.32 Å². The SMILES string of the molecule is CCOC(=O)C12CCC(NCC(=O)N3C[C@@H](F)C[C@H]3C#N)(CC1)CC2.O=C(O)CCC(=O)O. The van der Waals surface area contributed by atoms with Crippen molar-refractivity contribution in [3.63, 3.8) is 0 Å². The number of hydrogen-bond donors (Lipinski definition) is 3. The molecule has 3 N–H and O–H groups in total. The number of nitrogens with zero attached hydrogens (tertiary/aromatic N) is 2. The minimum absolute atomic E-state index is 0.0116. The molecular weight excluding hydrogens is 437 g/mol. The normalized spacial score (nSPS) is 30.0. The van der Waals surface area contributed by atoms with E-state index < -0.39 is 24.2 Å². The number of esters is 1. The molecule has 2 bridgehead atoms. The number of hydrogen-bond acceptors (Lipinski definition) is 7. The fraction of sp³-hybridized carbons (Fsp3) is 0.773. The lowest BCUT2D eigenvalue weighted by Gasteiger charge is -2.52. The van der Waals surface area contributed by atoms with Crippen LogP contribution in [0.1, 0.15) is 64.7 Å². The van der Waals surface area contributed by atoms with Crippen LogP contribution in [-0.4, -0.2) is 76.4 Å². The predicted octanol–water partition coefficient (Wildman–Crippen LogP) is 1.63. The number of carboxylic acid groups (broad SMARTS) is 2. The number of carbonyl (C=O) groups is 4. The Labute approximate surface area is 192 Å². The molecule has 3 aliphatic carbocycles. The highest BCUT2D eigenvalue weighted by molar-refractivity contribution is 5.80. The highest BCUT2D eigenvalue weighted by atomic mass is 19.1. The molecule has 1 aliphatic heterocycles. The van der Waals surface area contributed by atoms with Crippen LogP contribution in [0.5, 0.6) is 0 Å². The molecule has 0 aromatic carbocycles. The summed E-state index contributed by atoms with van der Waals surface area (Å²) < 4.78 is 18.7. The van der Waals surface area contributed by atoms with Crippen LogP contribution >= 0.6 is 0 Å². The highest BCUT2D eigenvalue weighted by Crippen LogP contribution is 2.52. The van der Waals surface area contributed by atoms with Crippen molar-refractivity contribution in [3.8, 4) is 6.07 Å². The van der Waals surface area contributed by atoms with Crippen LogP contribution in [0.15, 0.2) is 0 Å². The summed E-state index contributed by atoms with van der Waals surface area (Å²) in [7, 11) is 0. The average molecular weight is 470 g/mol. The molecule has 4 fully saturated rings. The molecule has 4 aliphatic rings. The molecular formula is C22H32FN3O7. The number of carbonyl (C=O) groups excluding carboxylic acids is 2. The monoisotopic (exact) mass is 469 g/mol. The molecule has 3 saturated carbocycles. The van der Waals surface area contributed by atoms with E-state index in [1.54, 1.807) is 0 Å². The van der Waals surface area contributed by atoms with Crippen molar-refractivity contribution in [2.45, 2.75) is 82.5 Å². The van der Waals surface area contributed by atoms with Crippen LogP contribution in [0.25, 0.3) is 0 Å². The van der Waals surface area contributed by atoms with Crippen molar-refractivity contribution < 1.29 is 38.5 Å². The maximum Gasteiger partial charge on any atom is 0.312 e. The number of amides is 1. The van der Waals surface area contributed by atoms with E-state index in [9.17, 15) is 23.6 Å². The number of aliphatic carboxylic acids is 2. The smallest absolute Gasteiger partial charge is 0.312 e. The minimum atomic E-state index is -1.11. The summed E-state index contributed by atoms with van der Waals surface area (Å²) in [5, 5.41) is 28.2. The molecule has 184 valence electrons. The number of fused-ring (bicyclic) bond motifs is 3. The van der Waals surface area contributed by atoms with Crippen molar-refractivity contribution in [2.75, 3.05) is 19.7 Å². The van der Waals surface area contributed by atoms with Crippen molar-refractivity contribution in [1.29, 1.82) is 5.26 Å². The van der Waals surface area contributed by atoms with Gasteiger partial charge < -0.3 is 25.2 Å². The van der Waals surface area contributed by atoms with E-state index in [0.29, 0.717) is 6.61 Å². The minimum Gasteiger partial charge on any atom is -0.481 e. The Kier molecular flexibility index (Phi) is 9.16. The van der Waals surface area contributed by atoms with Crippen LogP contribution in [0.3, 0.4) is 0 Å². The van der Waals surface area contributed by atoms with Crippen LogP contribution in [0.2, 0.25) is 0 Å². The molecule has 0 unspecified atom stereocenters. The van der Waals surface area contributed by atoms with Crippen molar-refractivity contribution in [2.24, 2.45) is 5.41 Å². The third-order valence-corrected chi connectivity index (χ3v) is 6.84. The van der Waals surface area contributed by atoms with Gasteiger partial charge in [0, 0.05) is 12.0 Å². The summed E-state index contributed by atoms with van der Waals surface area (Å²) in [5.74, 6) is -2.45. The number of rotatable bonds is 8. The van der Waals surface area contributed by atoms with Gasteiger partial charge in [0.25, 0.3) is 0 Å². The van der Waals surface area contributed by atoms with E-state index in [0.717, 1.165) is 38.5 Å². The zero-order valence-corrected chi connectivity index (χ0v) is 18.8. The zero-order valence-electron chi connectivity index (χ0n) is 18.8. The topological polar surface area (TPSA) is 157 Å². The summed E-state index contributed by atoms with van der Waals surface area (Å²) in [5.41, 5.74) is -0.466. The van der Waals surface area contributed by atoms with E-state index in [4.69, 9.17) is 20.2 Å². The Hall–Kier alpha value is -2.74.